The number of methoxy groups -OCH3 is 1. The van der Waals surface area contributed by atoms with Crippen molar-refractivity contribution in [3.05, 3.63) is 59.5 Å². The van der Waals surface area contributed by atoms with E-state index in [1.165, 1.54) is 11.3 Å². The number of hydrogen-bond acceptors (Lipinski definition) is 8. The van der Waals surface area contributed by atoms with Gasteiger partial charge in [0.15, 0.2) is 5.13 Å². The summed E-state index contributed by atoms with van der Waals surface area (Å²) in [6.45, 7) is 6.94. The predicted molar refractivity (Wildman–Crippen MR) is 135 cm³/mol. The third-order valence-corrected chi connectivity index (χ3v) is 6.80. The molecule has 0 spiro atoms. The van der Waals surface area contributed by atoms with Crippen LogP contribution < -0.4 is 10.1 Å². The van der Waals surface area contributed by atoms with Gasteiger partial charge in [0.05, 0.1) is 19.9 Å². The van der Waals surface area contributed by atoms with Crippen LogP contribution in [-0.2, 0) is 11.3 Å². The van der Waals surface area contributed by atoms with Gasteiger partial charge in [-0.05, 0) is 42.9 Å². The maximum atomic E-state index is 13.3. The van der Waals surface area contributed by atoms with Crippen LogP contribution in [0.25, 0.3) is 0 Å². The summed E-state index contributed by atoms with van der Waals surface area (Å²) in [5.41, 5.74) is 1.18. The number of furan rings is 1. The van der Waals surface area contributed by atoms with Crippen molar-refractivity contribution in [3.63, 3.8) is 0 Å². The van der Waals surface area contributed by atoms with Gasteiger partial charge in [-0.25, -0.2) is 4.98 Å². The molecular weight excluding hydrogens is 466 g/mol. The van der Waals surface area contributed by atoms with Gasteiger partial charge in [-0.2, -0.15) is 0 Å². The van der Waals surface area contributed by atoms with Crippen molar-refractivity contribution in [1.29, 1.82) is 0 Å². The molecule has 1 aromatic carbocycles. The molecule has 0 unspecified atom stereocenters. The Morgan fingerprint density at radius 3 is 2.60 bits per heavy atom. The summed E-state index contributed by atoms with van der Waals surface area (Å²) in [7, 11) is 1.62. The van der Waals surface area contributed by atoms with E-state index in [0.717, 1.165) is 44.2 Å². The van der Waals surface area contributed by atoms with Crippen LogP contribution in [0.1, 0.15) is 29.6 Å². The average molecular weight is 498 g/mol. The number of benzene rings is 1. The highest BCUT2D eigenvalue weighted by molar-refractivity contribution is 7.14. The number of amides is 2. The summed E-state index contributed by atoms with van der Waals surface area (Å²) in [6, 6.07) is 11.1. The number of hydrogen-bond donors (Lipinski definition) is 1. The lowest BCUT2D eigenvalue weighted by molar-refractivity contribution is -0.133. The van der Waals surface area contributed by atoms with E-state index in [4.69, 9.17) is 9.15 Å². The van der Waals surface area contributed by atoms with E-state index < -0.39 is 0 Å². The van der Waals surface area contributed by atoms with Crippen LogP contribution in [0, 0.1) is 0 Å². The highest BCUT2D eigenvalue weighted by atomic mass is 32.1. The SMILES string of the molecule is CCN1CCN(C(=O)CCN(Cc2ccco2)C(=O)c2csc(Nc3ccc(OC)cc3)n2)CC1. The first-order valence-electron chi connectivity index (χ1n) is 11.7. The van der Waals surface area contributed by atoms with Crippen LogP contribution in [0.3, 0.4) is 0 Å². The monoisotopic (exact) mass is 497 g/mol. The highest BCUT2D eigenvalue weighted by Crippen LogP contribution is 2.24. The minimum Gasteiger partial charge on any atom is -0.497 e. The maximum Gasteiger partial charge on any atom is 0.273 e. The van der Waals surface area contributed by atoms with Gasteiger partial charge >= 0.3 is 0 Å². The number of piperazine rings is 1. The molecule has 0 aliphatic carbocycles. The van der Waals surface area contributed by atoms with E-state index >= 15 is 0 Å². The highest BCUT2D eigenvalue weighted by Gasteiger charge is 2.24. The fourth-order valence-corrected chi connectivity index (χ4v) is 4.64. The molecule has 0 saturated carbocycles. The molecule has 2 amide bonds. The number of likely N-dealkylation sites (N-methyl/N-ethyl adjacent to an activating group) is 1. The molecule has 10 heteroatoms. The van der Waals surface area contributed by atoms with Crippen molar-refractivity contribution in [3.8, 4) is 5.75 Å². The minimum absolute atomic E-state index is 0.0677. The van der Waals surface area contributed by atoms with Crippen LogP contribution in [0.15, 0.2) is 52.5 Å². The summed E-state index contributed by atoms with van der Waals surface area (Å²) in [5, 5.41) is 5.56. The zero-order valence-corrected chi connectivity index (χ0v) is 20.9. The Balaban J connectivity index is 1.39. The molecule has 1 aliphatic heterocycles. The first kappa shape index (κ1) is 24.7. The van der Waals surface area contributed by atoms with E-state index in [0.29, 0.717) is 23.1 Å². The van der Waals surface area contributed by atoms with Gasteiger partial charge in [0, 0.05) is 50.2 Å². The van der Waals surface area contributed by atoms with Gasteiger partial charge in [-0.15, -0.1) is 11.3 Å². The number of anilines is 2. The summed E-state index contributed by atoms with van der Waals surface area (Å²) in [6.07, 6.45) is 1.84. The van der Waals surface area contributed by atoms with Crippen molar-refractivity contribution in [2.24, 2.45) is 0 Å². The lowest BCUT2D eigenvalue weighted by Crippen LogP contribution is -2.49. The molecule has 186 valence electrons. The molecule has 4 rings (SSSR count). The molecule has 0 radical (unpaired) electrons. The molecule has 1 N–H and O–H groups in total. The molecule has 1 aliphatic rings. The Morgan fingerprint density at radius 2 is 1.94 bits per heavy atom. The van der Waals surface area contributed by atoms with Gasteiger partial charge in [-0.1, -0.05) is 6.92 Å². The van der Waals surface area contributed by atoms with Crippen molar-refractivity contribution < 1.29 is 18.7 Å². The van der Waals surface area contributed by atoms with Crippen molar-refractivity contribution >= 4 is 34.0 Å². The fraction of sp³-hybridized carbons (Fsp3) is 0.400. The minimum atomic E-state index is -0.232. The first-order valence-corrected chi connectivity index (χ1v) is 12.6. The average Bonchev–Trinajstić information content (AvgIpc) is 3.59. The van der Waals surface area contributed by atoms with Gasteiger partial charge in [0.1, 0.15) is 17.2 Å². The molecule has 0 bridgehead atoms. The first-order chi connectivity index (χ1) is 17.1. The van der Waals surface area contributed by atoms with Crippen LogP contribution in [0.5, 0.6) is 5.75 Å². The summed E-state index contributed by atoms with van der Waals surface area (Å²) >= 11 is 1.35. The predicted octanol–water partition coefficient (Wildman–Crippen LogP) is 3.68. The standard InChI is InChI=1S/C25H31N5O4S/c1-3-28-12-14-29(15-13-28)23(31)10-11-30(17-21-5-4-16-34-21)24(32)22-18-35-25(27-22)26-19-6-8-20(33-2)9-7-19/h4-9,16,18H,3,10-15,17H2,1-2H3,(H,26,27). The zero-order valence-electron chi connectivity index (χ0n) is 20.1. The Labute approximate surface area is 209 Å². The lowest BCUT2D eigenvalue weighted by Gasteiger charge is -2.34. The lowest BCUT2D eigenvalue weighted by atomic mass is 10.2. The second-order valence-electron chi connectivity index (χ2n) is 8.26. The number of aromatic nitrogens is 1. The molecule has 1 saturated heterocycles. The number of thiazole rings is 1. The summed E-state index contributed by atoms with van der Waals surface area (Å²) in [4.78, 5) is 36.5. The number of ether oxygens (including phenoxy) is 1. The van der Waals surface area contributed by atoms with E-state index in [1.807, 2.05) is 35.2 Å². The summed E-state index contributed by atoms with van der Waals surface area (Å²) in [5.74, 6) is 1.26. The van der Waals surface area contributed by atoms with E-state index in [-0.39, 0.29) is 24.8 Å². The van der Waals surface area contributed by atoms with Crippen LogP contribution in [0.2, 0.25) is 0 Å². The smallest absolute Gasteiger partial charge is 0.273 e. The number of carbonyl (C=O) groups excluding carboxylic acids is 2. The summed E-state index contributed by atoms with van der Waals surface area (Å²) < 4.78 is 10.7. The molecule has 2 aromatic heterocycles. The molecule has 3 heterocycles. The van der Waals surface area contributed by atoms with Gasteiger partial charge in [0.2, 0.25) is 5.91 Å². The molecule has 35 heavy (non-hydrogen) atoms. The molecule has 3 aromatic rings. The van der Waals surface area contributed by atoms with E-state index in [1.54, 1.807) is 29.7 Å². The topological polar surface area (TPSA) is 91.2 Å². The second-order valence-corrected chi connectivity index (χ2v) is 9.12. The molecule has 0 atom stereocenters. The van der Waals surface area contributed by atoms with E-state index in [9.17, 15) is 9.59 Å². The Morgan fingerprint density at radius 1 is 1.17 bits per heavy atom. The Bertz CT molecular complexity index is 1090. The normalized spacial score (nSPS) is 14.1. The maximum absolute atomic E-state index is 13.3. The zero-order chi connectivity index (χ0) is 24.6. The number of carbonyl (C=O) groups is 2. The van der Waals surface area contributed by atoms with Gasteiger partial charge in [-0.3, -0.25) is 9.59 Å². The number of nitrogens with one attached hydrogen (secondary N) is 1. The number of rotatable bonds is 10. The van der Waals surface area contributed by atoms with Crippen LogP contribution >= 0.6 is 11.3 Å². The van der Waals surface area contributed by atoms with Crippen LogP contribution in [0.4, 0.5) is 10.8 Å². The molecule has 9 nitrogen and oxygen atoms in total. The Kier molecular flexibility index (Phi) is 8.38. The molecule has 1 fully saturated rings. The fourth-order valence-electron chi connectivity index (χ4n) is 3.93. The van der Waals surface area contributed by atoms with Crippen molar-refractivity contribution in [1.82, 2.24) is 19.7 Å². The van der Waals surface area contributed by atoms with Gasteiger partial charge < -0.3 is 29.2 Å². The third-order valence-electron chi connectivity index (χ3n) is 6.05. The largest absolute Gasteiger partial charge is 0.497 e. The van der Waals surface area contributed by atoms with Crippen LogP contribution in [-0.4, -0.2) is 77.9 Å². The van der Waals surface area contributed by atoms with Crippen molar-refractivity contribution in [2.75, 3.05) is 51.7 Å². The second kappa shape index (κ2) is 11.9. The molecular formula is C25H31N5O4S. The number of nitrogens with zero attached hydrogens (tertiary/aromatic N) is 4. The quantitative estimate of drug-likeness (QED) is 0.457. The van der Waals surface area contributed by atoms with Gasteiger partial charge in [0.25, 0.3) is 5.91 Å². The van der Waals surface area contributed by atoms with Crippen molar-refractivity contribution in [2.45, 2.75) is 19.9 Å². The Hall–Kier alpha value is -3.37. The van der Waals surface area contributed by atoms with E-state index in [2.05, 4.69) is 22.1 Å². The third kappa shape index (κ3) is 6.61.